The number of amides is 2. The molecule has 0 saturated heterocycles. The van der Waals surface area contributed by atoms with Gasteiger partial charge >= 0.3 is 0 Å². The van der Waals surface area contributed by atoms with E-state index in [0.717, 1.165) is 18.4 Å². The molecule has 0 saturated carbocycles. The molecule has 2 aromatic carbocycles. The van der Waals surface area contributed by atoms with Crippen molar-refractivity contribution in [3.8, 4) is 0 Å². The number of halogens is 4. The predicted molar refractivity (Wildman–Crippen MR) is 138 cm³/mol. The quantitative estimate of drug-likeness (QED) is 0.476. The third-order valence-corrected chi connectivity index (χ3v) is 6.97. The largest absolute Gasteiger partial charge is 0.350 e. The summed E-state index contributed by atoms with van der Waals surface area (Å²) in [4.78, 5) is 27.9. The number of rotatable bonds is 9. The number of hydrogen-bond acceptors (Lipinski definition) is 4. The Balaban J connectivity index is 2.50. The van der Waals surface area contributed by atoms with Gasteiger partial charge in [0, 0.05) is 18.2 Å². The minimum Gasteiger partial charge on any atom is -0.350 e. The van der Waals surface area contributed by atoms with Crippen molar-refractivity contribution in [1.82, 2.24) is 10.2 Å². The van der Waals surface area contributed by atoms with Gasteiger partial charge in [-0.25, -0.2) is 17.2 Å². The van der Waals surface area contributed by atoms with Gasteiger partial charge in [0.2, 0.25) is 21.8 Å². The van der Waals surface area contributed by atoms with Crippen LogP contribution in [0.25, 0.3) is 0 Å². The fraction of sp³-hybridized carbons (Fsp3) is 0.417. The van der Waals surface area contributed by atoms with Crippen molar-refractivity contribution < 1.29 is 26.8 Å². The molecule has 12 heteroatoms. The molecule has 2 rings (SSSR count). The Hall–Kier alpha value is -2.43. The first kappa shape index (κ1) is 29.8. The first-order chi connectivity index (χ1) is 16.5. The van der Waals surface area contributed by atoms with Crippen molar-refractivity contribution in [2.24, 2.45) is 0 Å². The van der Waals surface area contributed by atoms with E-state index in [2.05, 4.69) is 5.32 Å². The molecule has 7 nitrogen and oxygen atoms in total. The molecule has 0 heterocycles. The van der Waals surface area contributed by atoms with Crippen LogP contribution in [0, 0.1) is 11.6 Å². The van der Waals surface area contributed by atoms with Crippen molar-refractivity contribution in [3.05, 3.63) is 63.6 Å². The Morgan fingerprint density at radius 3 is 2.17 bits per heavy atom. The standard InChI is InChI=1S/C24H29Cl2F2N3O4S/c1-6-21(23(33)29-24(2,3)4)30(13-15-7-9-17(25)18(26)11-15)22(32)14-31(36(5,34)35)16-8-10-19(27)20(28)12-16/h7-12,21H,6,13-14H2,1-5H3,(H,29,33). The number of hydrogen-bond donors (Lipinski definition) is 1. The molecule has 0 aliphatic carbocycles. The minimum absolute atomic E-state index is 0.0822. The number of nitrogens with one attached hydrogen (secondary N) is 1. The van der Waals surface area contributed by atoms with Crippen molar-refractivity contribution in [1.29, 1.82) is 0 Å². The van der Waals surface area contributed by atoms with E-state index in [1.165, 1.54) is 4.90 Å². The SMILES string of the molecule is CCC(C(=O)NC(C)(C)C)N(Cc1ccc(Cl)c(Cl)c1)C(=O)CN(c1ccc(F)c(F)c1)S(C)(=O)=O. The van der Waals surface area contributed by atoms with Crippen LogP contribution in [0.1, 0.15) is 39.7 Å². The van der Waals surface area contributed by atoms with Crippen molar-refractivity contribution in [2.75, 3.05) is 17.1 Å². The van der Waals surface area contributed by atoms with Crippen molar-refractivity contribution >= 4 is 50.7 Å². The third kappa shape index (κ3) is 8.04. The zero-order valence-corrected chi connectivity index (χ0v) is 22.9. The molecule has 0 fully saturated rings. The second-order valence-electron chi connectivity index (χ2n) is 9.30. The summed E-state index contributed by atoms with van der Waals surface area (Å²) in [5, 5.41) is 3.38. The van der Waals surface area contributed by atoms with Crippen LogP contribution in [0.15, 0.2) is 36.4 Å². The van der Waals surface area contributed by atoms with E-state index in [9.17, 15) is 26.8 Å². The molecule has 2 amide bonds. The fourth-order valence-corrected chi connectivity index (χ4v) is 4.62. The Morgan fingerprint density at radius 2 is 1.67 bits per heavy atom. The van der Waals surface area contributed by atoms with Crippen LogP contribution in [0.4, 0.5) is 14.5 Å². The van der Waals surface area contributed by atoms with Gasteiger partial charge in [0.1, 0.15) is 12.6 Å². The molecular weight excluding hydrogens is 535 g/mol. The maximum Gasteiger partial charge on any atom is 0.244 e. The maximum absolute atomic E-state index is 13.9. The summed E-state index contributed by atoms with van der Waals surface area (Å²) in [5.74, 6) is -3.59. The summed E-state index contributed by atoms with van der Waals surface area (Å²) in [7, 11) is -4.09. The van der Waals surface area contributed by atoms with Gasteiger partial charge in [-0.05, 0) is 57.0 Å². The average molecular weight is 564 g/mol. The summed E-state index contributed by atoms with van der Waals surface area (Å²) < 4.78 is 53.0. The molecule has 0 aliphatic heterocycles. The normalized spacial score (nSPS) is 12.7. The van der Waals surface area contributed by atoms with E-state index in [1.807, 2.05) is 0 Å². The number of anilines is 1. The van der Waals surface area contributed by atoms with Crippen LogP contribution in [-0.2, 0) is 26.2 Å². The van der Waals surface area contributed by atoms with E-state index in [4.69, 9.17) is 23.2 Å². The molecule has 2 aromatic rings. The minimum atomic E-state index is -4.09. The average Bonchev–Trinajstić information content (AvgIpc) is 2.74. The molecule has 0 aliphatic rings. The van der Waals surface area contributed by atoms with E-state index in [0.29, 0.717) is 21.0 Å². The van der Waals surface area contributed by atoms with Crippen LogP contribution < -0.4 is 9.62 Å². The first-order valence-corrected chi connectivity index (χ1v) is 13.6. The number of sulfonamides is 1. The highest BCUT2D eigenvalue weighted by molar-refractivity contribution is 7.92. The molecular formula is C24H29Cl2F2N3O4S. The van der Waals surface area contributed by atoms with Gasteiger partial charge in [0.15, 0.2) is 11.6 Å². The lowest BCUT2D eigenvalue weighted by Crippen LogP contribution is -2.55. The molecule has 198 valence electrons. The lowest BCUT2D eigenvalue weighted by Gasteiger charge is -2.34. The third-order valence-electron chi connectivity index (χ3n) is 5.09. The number of carbonyl (C=O) groups excluding carboxylic acids is 2. The molecule has 36 heavy (non-hydrogen) atoms. The van der Waals surface area contributed by atoms with Gasteiger partial charge in [-0.3, -0.25) is 13.9 Å². The van der Waals surface area contributed by atoms with E-state index < -0.39 is 51.6 Å². The molecule has 0 aromatic heterocycles. The van der Waals surface area contributed by atoms with Crippen LogP contribution >= 0.6 is 23.2 Å². The summed E-state index contributed by atoms with van der Waals surface area (Å²) in [5.41, 5.74) is -0.266. The molecule has 1 unspecified atom stereocenters. The van der Waals surface area contributed by atoms with Crippen LogP contribution in [0.3, 0.4) is 0 Å². The lowest BCUT2D eigenvalue weighted by atomic mass is 10.1. The van der Waals surface area contributed by atoms with Gasteiger partial charge in [-0.1, -0.05) is 36.2 Å². The molecule has 0 radical (unpaired) electrons. The van der Waals surface area contributed by atoms with Gasteiger partial charge < -0.3 is 10.2 Å². The van der Waals surface area contributed by atoms with E-state index in [1.54, 1.807) is 45.9 Å². The van der Waals surface area contributed by atoms with E-state index >= 15 is 0 Å². The number of nitrogens with zero attached hydrogens (tertiary/aromatic N) is 2. The van der Waals surface area contributed by atoms with Gasteiger partial charge in [0.05, 0.1) is 22.0 Å². The fourth-order valence-electron chi connectivity index (χ4n) is 3.46. The van der Waals surface area contributed by atoms with Gasteiger partial charge in [0.25, 0.3) is 0 Å². The van der Waals surface area contributed by atoms with E-state index in [-0.39, 0.29) is 23.7 Å². The molecule has 0 spiro atoms. The topological polar surface area (TPSA) is 86.8 Å². The summed E-state index contributed by atoms with van der Waals surface area (Å²) >= 11 is 12.1. The zero-order valence-electron chi connectivity index (χ0n) is 20.6. The summed E-state index contributed by atoms with van der Waals surface area (Å²) in [6.07, 6.45) is 1.06. The van der Waals surface area contributed by atoms with Crippen LogP contribution in [-0.4, -0.2) is 49.5 Å². The number of benzene rings is 2. The van der Waals surface area contributed by atoms with Crippen molar-refractivity contribution in [2.45, 2.75) is 52.2 Å². The Morgan fingerprint density at radius 1 is 1.03 bits per heavy atom. The summed E-state index contributed by atoms with van der Waals surface area (Å²) in [6.45, 7) is 6.25. The second-order valence-corrected chi connectivity index (χ2v) is 12.0. The molecule has 1 atom stereocenters. The zero-order chi connectivity index (χ0) is 27.4. The molecule has 0 bridgehead atoms. The number of carbonyl (C=O) groups is 2. The summed E-state index contributed by atoms with van der Waals surface area (Å²) in [6, 6.07) is 6.28. The second kappa shape index (κ2) is 11.7. The highest BCUT2D eigenvalue weighted by atomic mass is 35.5. The van der Waals surface area contributed by atoms with Gasteiger partial charge in [-0.15, -0.1) is 0 Å². The highest BCUT2D eigenvalue weighted by Crippen LogP contribution is 2.25. The Kier molecular flexibility index (Phi) is 9.72. The van der Waals surface area contributed by atoms with Crippen LogP contribution in [0.2, 0.25) is 10.0 Å². The highest BCUT2D eigenvalue weighted by Gasteiger charge is 2.33. The maximum atomic E-state index is 13.9. The predicted octanol–water partition coefficient (Wildman–Crippen LogP) is 4.76. The molecule has 1 N–H and O–H groups in total. The Bertz CT molecular complexity index is 1240. The monoisotopic (exact) mass is 563 g/mol. The first-order valence-electron chi connectivity index (χ1n) is 11.0. The smallest absolute Gasteiger partial charge is 0.244 e. The lowest BCUT2D eigenvalue weighted by molar-refractivity contribution is -0.141. The van der Waals surface area contributed by atoms with Gasteiger partial charge in [-0.2, -0.15) is 0 Å². The Labute approximate surface area is 220 Å². The van der Waals surface area contributed by atoms with Crippen molar-refractivity contribution in [3.63, 3.8) is 0 Å². The van der Waals surface area contributed by atoms with Crippen LogP contribution in [0.5, 0.6) is 0 Å².